The minimum Gasteiger partial charge on any atom is -0.353 e. The highest BCUT2D eigenvalue weighted by molar-refractivity contribution is 5.87. The molecule has 1 aliphatic heterocycles. The van der Waals surface area contributed by atoms with Crippen molar-refractivity contribution in [1.82, 2.24) is 20.0 Å². The van der Waals surface area contributed by atoms with Crippen LogP contribution in [0.1, 0.15) is 17.0 Å². The number of nitrogens with one attached hydrogen (secondary N) is 1. The van der Waals surface area contributed by atoms with E-state index in [1.807, 2.05) is 20.9 Å². The van der Waals surface area contributed by atoms with E-state index in [1.165, 1.54) is 0 Å². The van der Waals surface area contributed by atoms with Crippen LogP contribution < -0.4 is 5.32 Å². The maximum atomic E-state index is 12.1. The van der Waals surface area contributed by atoms with Gasteiger partial charge in [-0.3, -0.25) is 14.3 Å². The number of amides is 2. The minimum atomic E-state index is -0.0887. The van der Waals surface area contributed by atoms with E-state index in [-0.39, 0.29) is 18.4 Å². The molecule has 2 rings (SSSR count). The molecule has 0 bridgehead atoms. The van der Waals surface area contributed by atoms with Gasteiger partial charge in [-0.2, -0.15) is 5.10 Å². The Morgan fingerprint density at radius 1 is 1.44 bits per heavy atom. The second-order valence-electron chi connectivity index (χ2n) is 4.62. The Labute approximate surface area is 106 Å². The quantitative estimate of drug-likeness (QED) is 0.772. The zero-order chi connectivity index (χ0) is 13.3. The van der Waals surface area contributed by atoms with Gasteiger partial charge in [0.15, 0.2) is 0 Å². The molecule has 1 saturated heterocycles. The predicted molar refractivity (Wildman–Crippen MR) is 66.0 cm³/mol. The summed E-state index contributed by atoms with van der Waals surface area (Å²) in [7, 11) is 1.87. The van der Waals surface area contributed by atoms with Gasteiger partial charge in [-0.05, 0) is 13.8 Å². The zero-order valence-corrected chi connectivity index (χ0v) is 11.0. The van der Waals surface area contributed by atoms with E-state index in [4.69, 9.17) is 0 Å². The van der Waals surface area contributed by atoms with Gasteiger partial charge in [0, 0.05) is 31.4 Å². The summed E-state index contributed by atoms with van der Waals surface area (Å²) in [5.41, 5.74) is 2.85. The summed E-state index contributed by atoms with van der Waals surface area (Å²) < 4.78 is 1.78. The van der Waals surface area contributed by atoms with E-state index in [2.05, 4.69) is 10.4 Å². The van der Waals surface area contributed by atoms with E-state index in [0.717, 1.165) is 17.0 Å². The van der Waals surface area contributed by atoms with Crippen molar-refractivity contribution in [3.8, 4) is 0 Å². The maximum absolute atomic E-state index is 12.1. The molecule has 0 aromatic carbocycles. The van der Waals surface area contributed by atoms with Gasteiger partial charge in [0.1, 0.15) is 0 Å². The lowest BCUT2D eigenvalue weighted by molar-refractivity contribution is -0.137. The van der Waals surface area contributed by atoms with Gasteiger partial charge in [-0.15, -0.1) is 0 Å². The predicted octanol–water partition coefficient (Wildman–Crippen LogP) is -0.462. The van der Waals surface area contributed by atoms with Crippen LogP contribution in [0.2, 0.25) is 0 Å². The van der Waals surface area contributed by atoms with Gasteiger partial charge < -0.3 is 10.2 Å². The molecule has 6 heteroatoms. The van der Waals surface area contributed by atoms with Crippen molar-refractivity contribution in [3.63, 3.8) is 0 Å². The first-order valence-corrected chi connectivity index (χ1v) is 6.02. The molecule has 6 nitrogen and oxygen atoms in total. The molecular weight excluding hydrogens is 232 g/mol. The zero-order valence-electron chi connectivity index (χ0n) is 11.0. The SMILES string of the molecule is Cc1nn(C)c(C)c1CC(=O)N1CCNC(=O)C1. The van der Waals surface area contributed by atoms with Gasteiger partial charge in [-0.25, -0.2) is 0 Å². The first kappa shape index (κ1) is 12.6. The van der Waals surface area contributed by atoms with E-state index in [0.29, 0.717) is 19.5 Å². The average Bonchev–Trinajstić information content (AvgIpc) is 2.56. The van der Waals surface area contributed by atoms with E-state index in [9.17, 15) is 9.59 Å². The number of rotatable bonds is 2. The van der Waals surface area contributed by atoms with Crippen LogP contribution in [0.4, 0.5) is 0 Å². The molecule has 1 N–H and O–H groups in total. The van der Waals surface area contributed by atoms with Crippen LogP contribution in [0.5, 0.6) is 0 Å². The van der Waals surface area contributed by atoms with Crippen molar-refractivity contribution in [3.05, 3.63) is 17.0 Å². The van der Waals surface area contributed by atoms with E-state index in [1.54, 1.807) is 9.58 Å². The van der Waals surface area contributed by atoms with Crippen LogP contribution in [0.15, 0.2) is 0 Å². The summed E-state index contributed by atoms with van der Waals surface area (Å²) in [5, 5.41) is 7.00. The summed E-state index contributed by atoms with van der Waals surface area (Å²) in [6.07, 6.45) is 0.318. The lowest BCUT2D eigenvalue weighted by atomic mass is 10.1. The summed E-state index contributed by atoms with van der Waals surface area (Å²) in [6.45, 7) is 5.14. The number of carbonyl (C=O) groups is 2. The Morgan fingerprint density at radius 3 is 2.72 bits per heavy atom. The van der Waals surface area contributed by atoms with Crippen molar-refractivity contribution in [2.75, 3.05) is 19.6 Å². The van der Waals surface area contributed by atoms with Crippen molar-refractivity contribution in [1.29, 1.82) is 0 Å². The molecule has 0 saturated carbocycles. The molecule has 2 amide bonds. The van der Waals surface area contributed by atoms with Crippen molar-refractivity contribution in [2.24, 2.45) is 7.05 Å². The third kappa shape index (κ3) is 2.37. The number of nitrogens with zero attached hydrogens (tertiary/aromatic N) is 3. The number of aryl methyl sites for hydroxylation is 2. The molecule has 98 valence electrons. The largest absolute Gasteiger partial charge is 0.353 e. The molecule has 0 unspecified atom stereocenters. The summed E-state index contributed by atoms with van der Waals surface area (Å²) in [6, 6.07) is 0. The fourth-order valence-electron chi connectivity index (χ4n) is 2.19. The number of piperazine rings is 1. The van der Waals surface area contributed by atoms with E-state index >= 15 is 0 Å². The van der Waals surface area contributed by atoms with Gasteiger partial charge in [0.2, 0.25) is 11.8 Å². The number of hydrogen-bond acceptors (Lipinski definition) is 3. The standard InChI is InChI=1S/C12H18N4O2/c1-8-10(9(2)15(3)14-8)6-12(18)16-5-4-13-11(17)7-16/h4-7H2,1-3H3,(H,13,17). The normalized spacial score (nSPS) is 15.7. The highest BCUT2D eigenvalue weighted by Gasteiger charge is 2.23. The molecule has 18 heavy (non-hydrogen) atoms. The monoisotopic (exact) mass is 250 g/mol. The maximum Gasteiger partial charge on any atom is 0.239 e. The van der Waals surface area contributed by atoms with Crippen LogP contribution in [-0.2, 0) is 23.1 Å². The fraction of sp³-hybridized carbons (Fsp3) is 0.583. The van der Waals surface area contributed by atoms with Crippen LogP contribution >= 0.6 is 0 Å². The van der Waals surface area contributed by atoms with Gasteiger partial charge in [0.05, 0.1) is 18.7 Å². The first-order valence-electron chi connectivity index (χ1n) is 6.02. The Balaban J connectivity index is 2.09. The van der Waals surface area contributed by atoms with Gasteiger partial charge in [-0.1, -0.05) is 0 Å². The second kappa shape index (κ2) is 4.80. The highest BCUT2D eigenvalue weighted by Crippen LogP contribution is 2.14. The molecule has 0 aliphatic carbocycles. The summed E-state index contributed by atoms with van der Waals surface area (Å²) >= 11 is 0. The van der Waals surface area contributed by atoms with Crippen molar-refractivity contribution < 1.29 is 9.59 Å². The summed E-state index contributed by atoms with van der Waals surface area (Å²) in [4.78, 5) is 25.0. The van der Waals surface area contributed by atoms with Crippen LogP contribution in [0.25, 0.3) is 0 Å². The average molecular weight is 250 g/mol. The highest BCUT2D eigenvalue weighted by atomic mass is 16.2. The number of hydrogen-bond donors (Lipinski definition) is 1. The fourth-order valence-corrected chi connectivity index (χ4v) is 2.19. The van der Waals surface area contributed by atoms with Gasteiger partial charge in [0.25, 0.3) is 0 Å². The Bertz CT molecular complexity index is 493. The Morgan fingerprint density at radius 2 is 2.17 bits per heavy atom. The number of aromatic nitrogens is 2. The lowest BCUT2D eigenvalue weighted by Crippen LogP contribution is -2.50. The molecule has 1 fully saturated rings. The topological polar surface area (TPSA) is 67.2 Å². The molecule has 0 spiro atoms. The molecule has 0 atom stereocenters. The summed E-state index contributed by atoms with van der Waals surface area (Å²) in [5.74, 6) is -0.0988. The minimum absolute atomic E-state index is 0.0101. The Hall–Kier alpha value is -1.85. The third-order valence-electron chi connectivity index (χ3n) is 3.38. The van der Waals surface area contributed by atoms with Crippen LogP contribution in [0.3, 0.4) is 0 Å². The van der Waals surface area contributed by atoms with Gasteiger partial charge >= 0.3 is 0 Å². The van der Waals surface area contributed by atoms with Crippen molar-refractivity contribution >= 4 is 11.8 Å². The molecule has 0 radical (unpaired) electrons. The van der Waals surface area contributed by atoms with Crippen LogP contribution in [-0.4, -0.2) is 46.1 Å². The van der Waals surface area contributed by atoms with Crippen LogP contribution in [0, 0.1) is 13.8 Å². The number of carbonyl (C=O) groups excluding carboxylic acids is 2. The Kier molecular flexibility index (Phi) is 3.36. The second-order valence-corrected chi connectivity index (χ2v) is 4.62. The van der Waals surface area contributed by atoms with Crippen molar-refractivity contribution in [2.45, 2.75) is 20.3 Å². The molecule has 1 aliphatic rings. The first-order chi connectivity index (χ1) is 8.49. The molecular formula is C12H18N4O2. The molecule has 1 aromatic heterocycles. The lowest BCUT2D eigenvalue weighted by Gasteiger charge is -2.26. The third-order valence-corrected chi connectivity index (χ3v) is 3.38. The smallest absolute Gasteiger partial charge is 0.239 e. The molecule has 2 heterocycles. The van der Waals surface area contributed by atoms with E-state index < -0.39 is 0 Å². The molecule has 1 aromatic rings.